The third kappa shape index (κ3) is 15.4. The van der Waals surface area contributed by atoms with Gasteiger partial charge in [0.1, 0.15) is 0 Å². The van der Waals surface area contributed by atoms with Crippen LogP contribution in [0.25, 0.3) is 0 Å². The van der Waals surface area contributed by atoms with Crippen LogP contribution in [-0.2, 0) is 49.3 Å². The summed E-state index contributed by atoms with van der Waals surface area (Å²) in [6.45, 7) is 13.3. The van der Waals surface area contributed by atoms with Crippen LogP contribution in [-0.4, -0.2) is 164 Å². The van der Waals surface area contributed by atoms with Gasteiger partial charge in [0.25, 0.3) is 0 Å². The number of likely N-dealkylation sites (N-methyl/N-ethyl adjacent to an activating group) is 1. The SMILES string of the molecule is CCO[Si](CN(C)CC1CO1)(OCC)OCC.CO[Si](CCCN(CCC[Si](OC)(OC)OC)CC1CO1)(OC)OC. The highest BCUT2D eigenvalue weighted by Gasteiger charge is 2.43. The zero-order chi connectivity index (χ0) is 31.5. The van der Waals surface area contributed by atoms with E-state index < -0.39 is 26.4 Å². The summed E-state index contributed by atoms with van der Waals surface area (Å²) in [4.78, 5) is 4.60. The molecular formula is C26H60N2O11Si3. The third-order valence-corrected chi connectivity index (χ3v) is 15.9. The Labute approximate surface area is 258 Å². The molecule has 252 valence electrons. The highest BCUT2D eigenvalue weighted by molar-refractivity contribution is 6.61. The lowest BCUT2D eigenvalue weighted by Crippen LogP contribution is -2.55. The Hall–Kier alpha value is 0.131. The van der Waals surface area contributed by atoms with Crippen molar-refractivity contribution in [2.24, 2.45) is 0 Å². The second kappa shape index (κ2) is 21.8. The summed E-state index contributed by atoms with van der Waals surface area (Å²) in [6, 6.07) is 1.59. The molecule has 0 aromatic heterocycles. The smallest absolute Gasteiger partial charge is 0.377 e. The maximum Gasteiger partial charge on any atom is 0.515 e. The van der Waals surface area contributed by atoms with Gasteiger partial charge in [-0.1, -0.05) is 0 Å². The number of ether oxygens (including phenoxy) is 2. The molecule has 0 N–H and O–H groups in total. The van der Waals surface area contributed by atoms with Gasteiger partial charge in [0.2, 0.25) is 0 Å². The number of hydrogen-bond acceptors (Lipinski definition) is 13. The minimum absolute atomic E-state index is 0.364. The number of rotatable bonds is 26. The van der Waals surface area contributed by atoms with Crippen LogP contribution in [0.2, 0.25) is 12.1 Å². The summed E-state index contributed by atoms with van der Waals surface area (Å²) in [7, 11) is 4.45. The van der Waals surface area contributed by atoms with Gasteiger partial charge < -0.3 is 54.2 Å². The van der Waals surface area contributed by atoms with E-state index in [0.717, 1.165) is 70.5 Å². The lowest BCUT2D eigenvalue weighted by Gasteiger charge is -2.31. The first-order valence-electron chi connectivity index (χ1n) is 15.0. The van der Waals surface area contributed by atoms with Crippen molar-refractivity contribution in [1.29, 1.82) is 0 Å². The van der Waals surface area contributed by atoms with Crippen molar-refractivity contribution in [3.05, 3.63) is 0 Å². The minimum Gasteiger partial charge on any atom is -0.377 e. The topological polar surface area (TPSA) is 115 Å². The molecule has 0 bridgehead atoms. The first kappa shape index (κ1) is 40.2. The lowest BCUT2D eigenvalue weighted by atomic mass is 10.3. The standard InChI is InChI=1S/C15H35NO7Si2.C11H25NO4Si/c1-17-24(18-2,19-3)11-7-9-16(13-15-14-23-15)10-8-12-25(20-4,21-5)22-6;1-5-14-17(15-6-2,16-7-3)10-12(4)8-11-9-13-11/h15H,7-14H2,1-6H3;11H,5-10H2,1-4H3. The molecule has 0 saturated carbocycles. The minimum atomic E-state index is -2.53. The Morgan fingerprint density at radius 2 is 0.952 bits per heavy atom. The molecule has 13 nitrogen and oxygen atoms in total. The Morgan fingerprint density at radius 3 is 1.26 bits per heavy atom. The molecule has 2 rings (SSSR count). The summed E-state index contributed by atoms with van der Waals surface area (Å²) in [5.74, 6) is 0. The van der Waals surface area contributed by atoms with Gasteiger partial charge in [0, 0.05) is 87.7 Å². The highest BCUT2D eigenvalue weighted by Crippen LogP contribution is 2.20. The lowest BCUT2D eigenvalue weighted by molar-refractivity contribution is 0.0590. The van der Waals surface area contributed by atoms with Crippen molar-refractivity contribution >= 4 is 26.4 Å². The van der Waals surface area contributed by atoms with Gasteiger partial charge in [-0.15, -0.1) is 0 Å². The van der Waals surface area contributed by atoms with Crippen molar-refractivity contribution in [2.45, 2.75) is 57.9 Å². The molecule has 42 heavy (non-hydrogen) atoms. The molecule has 2 saturated heterocycles. The normalized spacial score (nSPS) is 18.9. The van der Waals surface area contributed by atoms with Crippen molar-refractivity contribution in [2.75, 3.05) is 115 Å². The number of nitrogens with zero attached hydrogens (tertiary/aromatic N) is 2. The fraction of sp³-hybridized carbons (Fsp3) is 1.00. The highest BCUT2D eigenvalue weighted by atomic mass is 28.4. The van der Waals surface area contributed by atoms with Crippen LogP contribution < -0.4 is 0 Å². The largest absolute Gasteiger partial charge is 0.515 e. The molecule has 2 unspecified atom stereocenters. The molecule has 0 aliphatic carbocycles. The predicted octanol–water partition coefficient (Wildman–Crippen LogP) is 2.13. The van der Waals surface area contributed by atoms with E-state index in [9.17, 15) is 0 Å². The molecule has 0 amide bonds. The van der Waals surface area contributed by atoms with E-state index in [1.54, 1.807) is 42.7 Å². The van der Waals surface area contributed by atoms with Crippen molar-refractivity contribution in [3.63, 3.8) is 0 Å². The molecule has 0 aromatic carbocycles. The van der Waals surface area contributed by atoms with E-state index in [-0.39, 0.29) is 0 Å². The Bertz CT molecular complexity index is 614. The first-order chi connectivity index (χ1) is 20.2. The van der Waals surface area contributed by atoms with E-state index in [1.807, 2.05) is 20.8 Å². The molecule has 2 fully saturated rings. The van der Waals surface area contributed by atoms with Gasteiger partial charge in [-0.2, -0.15) is 0 Å². The van der Waals surface area contributed by atoms with Crippen LogP contribution in [0.3, 0.4) is 0 Å². The maximum atomic E-state index is 5.80. The van der Waals surface area contributed by atoms with Crippen molar-refractivity contribution < 1.29 is 49.3 Å². The van der Waals surface area contributed by atoms with Gasteiger partial charge in [-0.05, 0) is 53.8 Å². The van der Waals surface area contributed by atoms with Gasteiger partial charge in [0.15, 0.2) is 0 Å². The molecule has 0 spiro atoms. The summed E-state index contributed by atoms with van der Waals surface area (Å²) in [5, 5.41) is 0. The molecular weight excluding hydrogens is 601 g/mol. The molecule has 2 aliphatic rings. The van der Waals surface area contributed by atoms with Crippen LogP contribution in [0.15, 0.2) is 0 Å². The average Bonchev–Trinajstić information content (AvgIpc) is 3.92. The molecule has 2 aliphatic heterocycles. The van der Waals surface area contributed by atoms with E-state index >= 15 is 0 Å². The number of hydrogen-bond donors (Lipinski definition) is 0. The van der Waals surface area contributed by atoms with Crippen molar-refractivity contribution in [3.8, 4) is 0 Å². The van der Waals surface area contributed by atoms with Gasteiger partial charge in [-0.3, -0.25) is 4.90 Å². The van der Waals surface area contributed by atoms with Crippen LogP contribution >= 0.6 is 0 Å². The second-order valence-electron chi connectivity index (χ2n) is 10.2. The van der Waals surface area contributed by atoms with Crippen LogP contribution in [0.5, 0.6) is 0 Å². The molecule has 2 atom stereocenters. The first-order valence-corrected chi connectivity index (χ1v) is 20.8. The Balaban J connectivity index is 0.000000452. The summed E-state index contributed by atoms with van der Waals surface area (Å²) < 4.78 is 60.9. The Morgan fingerprint density at radius 1 is 0.595 bits per heavy atom. The fourth-order valence-electron chi connectivity index (χ4n) is 4.74. The zero-order valence-corrected chi connectivity index (χ0v) is 30.9. The zero-order valence-electron chi connectivity index (χ0n) is 27.9. The van der Waals surface area contributed by atoms with Crippen LogP contribution in [0.4, 0.5) is 0 Å². The molecule has 0 radical (unpaired) electrons. The Kier molecular flexibility index (Phi) is 20.8. The van der Waals surface area contributed by atoms with Crippen LogP contribution in [0.1, 0.15) is 33.6 Å². The summed E-state index contributed by atoms with van der Waals surface area (Å²) in [6.07, 6.45) is 3.38. The molecule has 16 heteroatoms. The van der Waals surface area contributed by atoms with E-state index in [0.29, 0.717) is 32.0 Å². The third-order valence-electron chi connectivity index (χ3n) is 7.12. The van der Waals surface area contributed by atoms with Crippen LogP contribution in [0, 0.1) is 0 Å². The fourth-order valence-corrected chi connectivity index (χ4v) is 10.8. The van der Waals surface area contributed by atoms with E-state index in [4.69, 9.17) is 49.3 Å². The molecule has 0 aromatic rings. The van der Waals surface area contributed by atoms with Gasteiger partial charge in [0.05, 0.1) is 31.6 Å². The predicted molar refractivity (Wildman–Crippen MR) is 166 cm³/mol. The van der Waals surface area contributed by atoms with Gasteiger partial charge in [-0.25, -0.2) is 0 Å². The maximum absolute atomic E-state index is 5.80. The molecule has 2 heterocycles. The monoisotopic (exact) mass is 660 g/mol. The quantitative estimate of drug-likeness (QED) is 0.0998. The van der Waals surface area contributed by atoms with Crippen molar-refractivity contribution in [1.82, 2.24) is 9.80 Å². The van der Waals surface area contributed by atoms with Gasteiger partial charge >= 0.3 is 26.4 Å². The summed E-state index contributed by atoms with van der Waals surface area (Å²) >= 11 is 0. The summed E-state index contributed by atoms with van der Waals surface area (Å²) in [5.41, 5.74) is 0. The van der Waals surface area contributed by atoms with E-state index in [1.165, 1.54) is 0 Å². The average molecular weight is 661 g/mol. The van der Waals surface area contributed by atoms with E-state index in [2.05, 4.69) is 16.8 Å². The number of epoxide rings is 2. The second-order valence-corrected chi connectivity index (χ2v) is 18.9.